The Hall–Kier alpha value is -1.41. The quantitative estimate of drug-likeness (QED) is 0.804. The molecule has 1 rings (SSSR count). The first-order valence-corrected chi connectivity index (χ1v) is 4.58. The van der Waals surface area contributed by atoms with E-state index in [2.05, 4.69) is 4.74 Å². The molecule has 0 bridgehead atoms. The molecule has 0 unspecified atom stereocenters. The third-order valence-electron chi connectivity index (χ3n) is 1.91. The van der Waals surface area contributed by atoms with Gasteiger partial charge in [-0.3, -0.25) is 0 Å². The van der Waals surface area contributed by atoms with Crippen molar-refractivity contribution in [3.63, 3.8) is 0 Å². The highest BCUT2D eigenvalue weighted by Crippen LogP contribution is 2.40. The molecule has 0 aliphatic carbocycles. The lowest BCUT2D eigenvalue weighted by Crippen LogP contribution is -2.09. The lowest BCUT2D eigenvalue weighted by molar-refractivity contribution is -0.138. The lowest BCUT2D eigenvalue weighted by atomic mass is 10.1. The predicted molar refractivity (Wildman–Crippen MR) is 52.3 cm³/mol. The number of nitrogens with zero attached hydrogens (tertiary/aromatic N) is 1. The molecule has 0 fully saturated rings. The SMILES string of the molecule is COc1c(CC#N)cc(Cl)cc1C(F)(F)F. The largest absolute Gasteiger partial charge is 0.496 e. The normalized spacial score (nSPS) is 11.0. The molecule has 0 saturated carbocycles. The van der Waals surface area contributed by atoms with Crippen molar-refractivity contribution in [1.29, 1.82) is 5.26 Å². The van der Waals surface area contributed by atoms with E-state index in [0.29, 0.717) is 0 Å². The molecule has 0 aliphatic rings. The van der Waals surface area contributed by atoms with Crippen molar-refractivity contribution in [2.75, 3.05) is 7.11 Å². The summed E-state index contributed by atoms with van der Waals surface area (Å²) in [5.74, 6) is -0.349. The van der Waals surface area contributed by atoms with E-state index in [9.17, 15) is 13.2 Å². The van der Waals surface area contributed by atoms with Gasteiger partial charge >= 0.3 is 6.18 Å². The van der Waals surface area contributed by atoms with Crippen molar-refractivity contribution in [3.8, 4) is 11.8 Å². The van der Waals surface area contributed by atoms with Crippen LogP contribution in [-0.4, -0.2) is 7.11 Å². The molecule has 6 heteroatoms. The van der Waals surface area contributed by atoms with Gasteiger partial charge < -0.3 is 4.74 Å². The maximum absolute atomic E-state index is 12.6. The highest BCUT2D eigenvalue weighted by atomic mass is 35.5. The molecule has 2 nitrogen and oxygen atoms in total. The van der Waals surface area contributed by atoms with Gasteiger partial charge in [-0.15, -0.1) is 0 Å². The minimum atomic E-state index is -4.56. The standard InChI is InChI=1S/C10H7ClF3NO/c1-16-9-6(2-3-15)4-7(11)5-8(9)10(12,13)14/h4-5H,2H2,1H3. The Morgan fingerprint density at radius 2 is 2.06 bits per heavy atom. The van der Waals surface area contributed by atoms with E-state index in [1.165, 1.54) is 6.07 Å². The van der Waals surface area contributed by atoms with E-state index in [1.807, 2.05) is 0 Å². The van der Waals surface area contributed by atoms with Crippen LogP contribution in [0.15, 0.2) is 12.1 Å². The first kappa shape index (κ1) is 12.7. The van der Waals surface area contributed by atoms with E-state index in [0.717, 1.165) is 13.2 Å². The Morgan fingerprint density at radius 3 is 2.50 bits per heavy atom. The molecule has 0 aliphatic heterocycles. The van der Waals surface area contributed by atoms with Crippen molar-refractivity contribution in [1.82, 2.24) is 0 Å². The van der Waals surface area contributed by atoms with Gasteiger partial charge in [0.25, 0.3) is 0 Å². The fourth-order valence-corrected chi connectivity index (χ4v) is 1.56. The van der Waals surface area contributed by atoms with Crippen LogP contribution in [-0.2, 0) is 12.6 Å². The molecule has 0 aromatic heterocycles. The fraction of sp³-hybridized carbons (Fsp3) is 0.300. The number of hydrogen-bond acceptors (Lipinski definition) is 2. The summed E-state index contributed by atoms with van der Waals surface area (Å²) >= 11 is 5.56. The summed E-state index contributed by atoms with van der Waals surface area (Å²) in [6.07, 6.45) is -4.74. The van der Waals surface area contributed by atoms with Gasteiger partial charge in [-0.05, 0) is 12.1 Å². The average Bonchev–Trinajstić information content (AvgIpc) is 2.16. The Bertz CT molecular complexity index is 437. The minimum absolute atomic E-state index is 0.0709. The van der Waals surface area contributed by atoms with Crippen molar-refractivity contribution < 1.29 is 17.9 Å². The number of alkyl halides is 3. The maximum atomic E-state index is 12.6. The summed E-state index contributed by atoms with van der Waals surface area (Å²) in [6.45, 7) is 0. The molecule has 86 valence electrons. The molecule has 0 saturated heterocycles. The van der Waals surface area contributed by atoms with Crippen LogP contribution in [0.3, 0.4) is 0 Å². The van der Waals surface area contributed by atoms with Crippen LogP contribution in [0.4, 0.5) is 13.2 Å². The lowest BCUT2D eigenvalue weighted by Gasteiger charge is -2.15. The first-order valence-electron chi connectivity index (χ1n) is 4.20. The zero-order valence-electron chi connectivity index (χ0n) is 8.23. The maximum Gasteiger partial charge on any atom is 0.420 e. The molecule has 1 aromatic carbocycles. The first-order chi connectivity index (χ1) is 7.40. The number of nitriles is 1. The summed E-state index contributed by atoms with van der Waals surface area (Å²) in [6, 6.07) is 3.83. The number of halogens is 4. The van der Waals surface area contributed by atoms with Crippen LogP contribution in [0.1, 0.15) is 11.1 Å². The number of hydrogen-bond donors (Lipinski definition) is 0. The third-order valence-corrected chi connectivity index (χ3v) is 2.13. The van der Waals surface area contributed by atoms with Crippen molar-refractivity contribution in [2.45, 2.75) is 12.6 Å². The molecule has 0 spiro atoms. The second kappa shape index (κ2) is 4.62. The Balaban J connectivity index is 3.43. The van der Waals surface area contributed by atoms with E-state index < -0.39 is 11.7 Å². The summed E-state index contributed by atoms with van der Waals surface area (Å²) in [5.41, 5.74) is -0.836. The third kappa shape index (κ3) is 2.58. The van der Waals surface area contributed by atoms with Gasteiger partial charge in [0, 0.05) is 10.6 Å². The molecule has 1 aromatic rings. The monoisotopic (exact) mass is 249 g/mol. The van der Waals surface area contributed by atoms with Crippen LogP contribution in [0.25, 0.3) is 0 Å². The average molecular weight is 250 g/mol. The second-order valence-electron chi connectivity index (χ2n) is 2.98. The van der Waals surface area contributed by atoms with Gasteiger partial charge in [-0.1, -0.05) is 11.6 Å². The highest BCUT2D eigenvalue weighted by Gasteiger charge is 2.35. The van der Waals surface area contributed by atoms with Crippen LogP contribution in [0.2, 0.25) is 5.02 Å². The molecule has 16 heavy (non-hydrogen) atoms. The van der Waals surface area contributed by atoms with Gasteiger partial charge in [0.1, 0.15) is 5.75 Å². The van der Waals surface area contributed by atoms with Crippen molar-refractivity contribution in [3.05, 3.63) is 28.3 Å². The van der Waals surface area contributed by atoms with Gasteiger partial charge in [0.15, 0.2) is 0 Å². The predicted octanol–water partition coefficient (Wildman–Crippen LogP) is 3.43. The summed E-state index contributed by atoms with van der Waals surface area (Å²) < 4.78 is 42.5. The van der Waals surface area contributed by atoms with Crippen molar-refractivity contribution >= 4 is 11.6 Å². The molecule has 0 amide bonds. The number of benzene rings is 1. The Kier molecular flexibility index (Phi) is 3.66. The number of methoxy groups -OCH3 is 1. The molecular formula is C10H7ClF3NO. The van der Waals surface area contributed by atoms with E-state index in [-0.39, 0.29) is 22.8 Å². The van der Waals surface area contributed by atoms with Crippen LogP contribution >= 0.6 is 11.6 Å². The molecule has 0 atom stereocenters. The van der Waals surface area contributed by atoms with Crippen LogP contribution < -0.4 is 4.74 Å². The van der Waals surface area contributed by atoms with Gasteiger partial charge in [-0.25, -0.2) is 0 Å². The summed E-state index contributed by atoms with van der Waals surface area (Å²) in [5, 5.41) is 8.42. The second-order valence-corrected chi connectivity index (χ2v) is 3.41. The highest BCUT2D eigenvalue weighted by molar-refractivity contribution is 6.30. The molecule has 0 heterocycles. The smallest absolute Gasteiger partial charge is 0.420 e. The summed E-state index contributed by atoms with van der Waals surface area (Å²) in [7, 11) is 1.12. The molecule has 0 radical (unpaired) electrons. The zero-order chi connectivity index (χ0) is 12.3. The van der Waals surface area contributed by atoms with Crippen LogP contribution in [0, 0.1) is 11.3 Å². The van der Waals surface area contributed by atoms with Gasteiger partial charge in [0.05, 0.1) is 25.2 Å². The summed E-state index contributed by atoms with van der Waals surface area (Å²) in [4.78, 5) is 0. The topological polar surface area (TPSA) is 33.0 Å². The fourth-order valence-electron chi connectivity index (χ4n) is 1.32. The Morgan fingerprint density at radius 1 is 1.44 bits per heavy atom. The van der Waals surface area contributed by atoms with E-state index in [4.69, 9.17) is 16.9 Å². The zero-order valence-corrected chi connectivity index (χ0v) is 8.99. The molecular weight excluding hydrogens is 243 g/mol. The molecule has 0 N–H and O–H groups in total. The van der Waals surface area contributed by atoms with E-state index >= 15 is 0 Å². The van der Waals surface area contributed by atoms with Gasteiger partial charge in [-0.2, -0.15) is 18.4 Å². The Labute approximate surface area is 95.2 Å². The van der Waals surface area contributed by atoms with Crippen LogP contribution in [0.5, 0.6) is 5.75 Å². The number of rotatable bonds is 2. The minimum Gasteiger partial charge on any atom is -0.496 e. The number of ether oxygens (including phenoxy) is 1. The van der Waals surface area contributed by atoms with E-state index in [1.54, 1.807) is 6.07 Å². The van der Waals surface area contributed by atoms with Gasteiger partial charge in [0.2, 0.25) is 0 Å². The van der Waals surface area contributed by atoms with Crippen molar-refractivity contribution in [2.24, 2.45) is 0 Å².